The summed E-state index contributed by atoms with van der Waals surface area (Å²) in [6.07, 6.45) is 6.58. The number of fused-ring (bicyclic) bond motifs is 6. The lowest BCUT2D eigenvalue weighted by Crippen LogP contribution is -2.47. The van der Waals surface area contributed by atoms with Crippen molar-refractivity contribution in [3.05, 3.63) is 29.3 Å². The predicted octanol–water partition coefficient (Wildman–Crippen LogP) is 8.47. The summed E-state index contributed by atoms with van der Waals surface area (Å²) in [5.41, 5.74) is 2.64. The monoisotopic (exact) mass is 711 g/mol. The highest BCUT2D eigenvalue weighted by Crippen LogP contribution is 2.76. The Balaban J connectivity index is 1.10. The van der Waals surface area contributed by atoms with E-state index in [1.165, 1.54) is 32.1 Å². The summed E-state index contributed by atoms with van der Waals surface area (Å²) < 4.78 is 103. The van der Waals surface area contributed by atoms with Gasteiger partial charge in [-0.15, -0.1) is 0 Å². The van der Waals surface area contributed by atoms with E-state index in [0.29, 0.717) is 40.8 Å². The minimum Gasteiger partial charge on any atom is -0.388 e. The van der Waals surface area contributed by atoms with E-state index in [1.807, 2.05) is 6.07 Å². The molecule has 0 radical (unpaired) electrons. The maximum atomic E-state index is 13.0. The smallest absolute Gasteiger partial charge is 0.388 e. The Labute approximate surface area is 278 Å². The molecule has 0 bridgehead atoms. The molecular weight excluding hydrogens is 662 g/mol. The molecule has 4 aliphatic carbocycles. The molecule has 5 rings (SSSR count). The molecule has 6 nitrogen and oxygen atoms in total. The first-order valence-electron chi connectivity index (χ1n) is 17.3. The molecule has 0 amide bonds. The van der Waals surface area contributed by atoms with Gasteiger partial charge in [0.15, 0.2) is 0 Å². The first kappa shape index (κ1) is 37.0. The highest BCUT2D eigenvalue weighted by Gasteiger charge is 2.67. The van der Waals surface area contributed by atoms with Gasteiger partial charge in [0.25, 0.3) is 0 Å². The van der Waals surface area contributed by atoms with Gasteiger partial charge < -0.3 is 9.29 Å². The zero-order valence-electron chi connectivity index (χ0n) is 27.2. The van der Waals surface area contributed by atoms with E-state index in [9.17, 15) is 39.7 Å². The fourth-order valence-corrected chi connectivity index (χ4v) is 11.3. The highest BCUT2D eigenvalue weighted by atomic mass is 32.2. The van der Waals surface area contributed by atoms with Crippen LogP contribution in [0.4, 0.5) is 22.0 Å². The fourth-order valence-electron chi connectivity index (χ4n) is 9.71. The van der Waals surface area contributed by atoms with E-state index in [4.69, 9.17) is 9.32 Å². The summed E-state index contributed by atoms with van der Waals surface area (Å²) >= 11 is 0. The molecule has 0 heterocycles. The summed E-state index contributed by atoms with van der Waals surface area (Å²) in [7, 11) is -5.59. The Kier molecular flexibility index (Phi) is 11.1. The molecule has 47 heavy (non-hydrogen) atoms. The van der Waals surface area contributed by atoms with Crippen LogP contribution in [0.15, 0.2) is 18.2 Å². The third-order valence-corrected chi connectivity index (χ3v) is 14.2. The maximum Gasteiger partial charge on any atom is 0.453 e. The maximum absolute atomic E-state index is 13.0. The van der Waals surface area contributed by atoms with E-state index in [0.717, 1.165) is 62.5 Å². The second kappa shape index (κ2) is 14.1. The Morgan fingerprint density at radius 2 is 1.55 bits per heavy atom. The van der Waals surface area contributed by atoms with Crippen LogP contribution in [0.3, 0.4) is 0 Å². The number of aliphatic hydroxyl groups is 1. The standard InChI is InChI=1S/C34H50F5NO5S2/c1-31-16-13-25-24-12-11-23(45-47(40,43)44)22-27(24)30(41)26(29(25)28(31)14-17-32(31)18-19-32)10-7-5-3-2-4-6-8-20-46(42)21-9-15-33(35,36)34(37,38)39/h11-12,22,25-26,28-30,41H,2-10,13-21H2,1H3,(H2,40,43,44)/t25?,26?,28?,29?,30-,31-,46?/m0/s1. The molecule has 3 N–H and O–H groups in total. The average Bonchev–Trinajstić information content (AvgIpc) is 3.71. The summed E-state index contributed by atoms with van der Waals surface area (Å²) in [6.45, 7) is 2.50. The largest absolute Gasteiger partial charge is 0.453 e. The average molecular weight is 712 g/mol. The number of benzene rings is 1. The van der Waals surface area contributed by atoms with Gasteiger partial charge in [0.05, 0.1) is 6.10 Å². The van der Waals surface area contributed by atoms with Gasteiger partial charge in [-0.05, 0) is 116 Å². The molecule has 3 fully saturated rings. The van der Waals surface area contributed by atoms with E-state index >= 15 is 0 Å². The summed E-state index contributed by atoms with van der Waals surface area (Å²) in [4.78, 5) is 0. The van der Waals surface area contributed by atoms with Crippen LogP contribution in [0.25, 0.3) is 0 Å². The molecule has 5 unspecified atom stereocenters. The van der Waals surface area contributed by atoms with Crippen LogP contribution < -0.4 is 9.32 Å². The molecular formula is C34H50F5NO5S2. The van der Waals surface area contributed by atoms with Crippen molar-refractivity contribution in [3.8, 4) is 5.75 Å². The fraction of sp³-hybridized carbons (Fsp3) is 0.824. The van der Waals surface area contributed by atoms with Gasteiger partial charge in [0.2, 0.25) is 0 Å². The van der Waals surface area contributed by atoms with E-state index < -0.39 is 52.1 Å². The second-order valence-corrected chi connectivity index (χ2v) is 17.8. The Hall–Kier alpha value is -1.31. The molecule has 268 valence electrons. The quantitative estimate of drug-likeness (QED) is 0.132. The highest BCUT2D eigenvalue weighted by molar-refractivity contribution is 7.85. The van der Waals surface area contributed by atoms with Crippen LogP contribution in [0.1, 0.15) is 133 Å². The molecule has 0 saturated heterocycles. The first-order valence-corrected chi connectivity index (χ1v) is 20.3. The number of aliphatic hydroxyl groups excluding tert-OH is 1. The second-order valence-electron chi connectivity index (χ2n) is 15.0. The lowest BCUT2D eigenvalue weighted by atomic mass is 9.50. The van der Waals surface area contributed by atoms with Crippen LogP contribution in [0.5, 0.6) is 5.75 Å². The van der Waals surface area contributed by atoms with Crippen LogP contribution in [0, 0.1) is 28.6 Å². The number of unbranched alkanes of at least 4 members (excludes halogenated alkanes) is 6. The summed E-state index contributed by atoms with van der Waals surface area (Å²) in [5, 5.41) is 17.0. The van der Waals surface area contributed by atoms with Gasteiger partial charge in [-0.1, -0.05) is 51.5 Å². The van der Waals surface area contributed by atoms with Gasteiger partial charge in [0.1, 0.15) is 5.75 Å². The lowest BCUT2D eigenvalue weighted by Gasteiger charge is -2.55. The molecule has 1 aromatic carbocycles. The van der Waals surface area contributed by atoms with Gasteiger partial charge in [-0.2, -0.15) is 35.5 Å². The summed E-state index contributed by atoms with van der Waals surface area (Å²) in [5.74, 6) is -3.13. The van der Waals surface area contributed by atoms with Crippen molar-refractivity contribution in [2.45, 2.75) is 134 Å². The number of hydrogen-bond acceptors (Lipinski definition) is 5. The molecule has 4 aliphatic rings. The van der Waals surface area contributed by atoms with Crippen LogP contribution >= 0.6 is 0 Å². The van der Waals surface area contributed by atoms with Crippen molar-refractivity contribution in [3.63, 3.8) is 0 Å². The molecule has 0 aliphatic heterocycles. The SMILES string of the molecule is C[C@]12CCC3c4ccc(OS(N)(=O)=O)cc4[C@@H](O)C(CCCCCCCCCS(=O)CCCC(F)(F)C(F)(F)F)C3C1CCC21CC1. The summed E-state index contributed by atoms with van der Waals surface area (Å²) in [6, 6.07) is 5.23. The molecule has 0 aromatic heterocycles. The number of hydrogen-bond donors (Lipinski definition) is 2. The molecule has 13 heteroatoms. The normalized spacial score (nSPS) is 30.4. The molecule has 3 saturated carbocycles. The van der Waals surface area contributed by atoms with Crippen LogP contribution in [-0.2, 0) is 21.1 Å². The van der Waals surface area contributed by atoms with Gasteiger partial charge >= 0.3 is 22.4 Å². The zero-order valence-corrected chi connectivity index (χ0v) is 28.8. The van der Waals surface area contributed by atoms with Crippen molar-refractivity contribution in [1.82, 2.24) is 0 Å². The first-order chi connectivity index (χ1) is 22.0. The van der Waals surface area contributed by atoms with Crippen molar-refractivity contribution in [1.29, 1.82) is 0 Å². The number of nitrogens with two attached hydrogens (primary N) is 1. The molecule has 1 spiro atoms. The molecule has 7 atom stereocenters. The van der Waals surface area contributed by atoms with Crippen molar-refractivity contribution in [2.75, 3.05) is 11.5 Å². The Bertz CT molecular complexity index is 1390. The van der Waals surface area contributed by atoms with Crippen molar-refractivity contribution < 1.29 is 43.9 Å². The van der Waals surface area contributed by atoms with Crippen LogP contribution in [-0.4, -0.2) is 41.3 Å². The minimum absolute atomic E-state index is 0.0711. The zero-order chi connectivity index (χ0) is 34.3. The van der Waals surface area contributed by atoms with Gasteiger partial charge in [-0.3, -0.25) is 4.21 Å². The third kappa shape index (κ3) is 8.03. The van der Waals surface area contributed by atoms with E-state index in [-0.39, 0.29) is 17.4 Å². The number of halogens is 5. The Morgan fingerprint density at radius 3 is 2.19 bits per heavy atom. The van der Waals surface area contributed by atoms with Crippen molar-refractivity contribution in [2.24, 2.45) is 33.7 Å². The van der Waals surface area contributed by atoms with E-state index in [2.05, 4.69) is 6.92 Å². The van der Waals surface area contributed by atoms with Gasteiger partial charge in [0, 0.05) is 28.7 Å². The predicted molar refractivity (Wildman–Crippen MR) is 172 cm³/mol. The minimum atomic E-state index is -5.57. The number of alkyl halides is 5. The topological polar surface area (TPSA) is 107 Å². The Morgan fingerprint density at radius 1 is 0.915 bits per heavy atom. The lowest BCUT2D eigenvalue weighted by molar-refractivity contribution is -0.284. The van der Waals surface area contributed by atoms with Gasteiger partial charge in [-0.25, -0.2) is 0 Å². The van der Waals surface area contributed by atoms with Crippen molar-refractivity contribution >= 4 is 21.1 Å². The third-order valence-electron chi connectivity index (χ3n) is 12.3. The molecule has 1 aromatic rings. The van der Waals surface area contributed by atoms with Crippen LogP contribution in [0.2, 0.25) is 0 Å². The number of rotatable bonds is 16. The van der Waals surface area contributed by atoms with E-state index in [1.54, 1.807) is 12.1 Å².